The van der Waals surface area contributed by atoms with Gasteiger partial charge in [-0.1, -0.05) is 35.5 Å². The second kappa shape index (κ2) is 4.04. The molecule has 0 bridgehead atoms. The van der Waals surface area contributed by atoms with Crippen molar-refractivity contribution in [2.24, 2.45) is 0 Å². The highest BCUT2D eigenvalue weighted by Crippen LogP contribution is 2.34. The Balaban J connectivity index is 2.38. The van der Waals surface area contributed by atoms with E-state index in [1.807, 2.05) is 6.07 Å². The predicted octanol–water partition coefficient (Wildman–Crippen LogP) is 2.21. The molecule has 6 heteroatoms. The van der Waals surface area contributed by atoms with Crippen molar-refractivity contribution in [3.63, 3.8) is 0 Å². The molecule has 2 aromatic rings. The molecule has 0 radical (unpaired) electrons. The van der Waals surface area contributed by atoms with Gasteiger partial charge in [0.1, 0.15) is 4.90 Å². The van der Waals surface area contributed by atoms with Crippen molar-refractivity contribution in [1.82, 2.24) is 10.2 Å². The van der Waals surface area contributed by atoms with Crippen molar-refractivity contribution in [2.75, 3.05) is 0 Å². The van der Waals surface area contributed by atoms with Gasteiger partial charge in [0.05, 0.1) is 5.02 Å². The van der Waals surface area contributed by atoms with E-state index in [-0.39, 0.29) is 16.3 Å². The summed E-state index contributed by atoms with van der Waals surface area (Å²) in [5.74, 6) is -0.176. The number of benzene rings is 1. The van der Waals surface area contributed by atoms with Gasteiger partial charge in [0, 0.05) is 4.90 Å². The molecule has 1 aromatic carbocycles. The molecule has 0 aliphatic rings. The molecule has 0 saturated carbocycles. The quantitative estimate of drug-likeness (QED) is 0.756. The maximum atomic E-state index is 11.2. The van der Waals surface area contributed by atoms with Crippen molar-refractivity contribution < 1.29 is 5.11 Å². The summed E-state index contributed by atoms with van der Waals surface area (Å²) in [4.78, 5) is 12.2. The molecular weight excluding hydrogens is 236 g/mol. The lowest BCUT2D eigenvalue weighted by molar-refractivity contribution is 0.440. The van der Waals surface area contributed by atoms with E-state index in [2.05, 4.69) is 10.2 Å². The highest BCUT2D eigenvalue weighted by Gasteiger charge is 2.11. The summed E-state index contributed by atoms with van der Waals surface area (Å²) in [6.45, 7) is 0. The molecule has 0 unspecified atom stereocenters. The van der Waals surface area contributed by atoms with Crippen LogP contribution in [-0.2, 0) is 0 Å². The summed E-state index contributed by atoms with van der Waals surface area (Å²) in [5.41, 5.74) is -0.364. The highest BCUT2D eigenvalue weighted by molar-refractivity contribution is 7.99. The van der Waals surface area contributed by atoms with Gasteiger partial charge in [0.15, 0.2) is 0 Å². The molecule has 3 N–H and O–H groups in total. The van der Waals surface area contributed by atoms with E-state index in [1.54, 1.807) is 18.2 Å². The van der Waals surface area contributed by atoms with Crippen molar-refractivity contribution in [2.45, 2.75) is 9.79 Å². The Labute approximate surface area is 94.3 Å². The minimum atomic E-state index is -0.364. The maximum Gasteiger partial charge on any atom is 0.281 e. The number of H-pyrrole nitrogens is 2. The lowest BCUT2D eigenvalue weighted by Crippen LogP contribution is -1.99. The van der Waals surface area contributed by atoms with E-state index in [0.29, 0.717) is 5.02 Å². The second-order valence-electron chi connectivity index (χ2n) is 2.79. The number of aromatic nitrogens is 2. The summed E-state index contributed by atoms with van der Waals surface area (Å²) in [6.07, 6.45) is 0. The molecule has 0 fully saturated rings. The standard InChI is InChI=1S/C9H7ClN2O2S/c10-5-3-1-2-4-6(5)15-7-8(13)11-12-9(7)14/h1-4H,(H3,11,12,13,14). The molecule has 78 valence electrons. The van der Waals surface area contributed by atoms with Crippen LogP contribution in [0.4, 0.5) is 0 Å². The van der Waals surface area contributed by atoms with Crippen LogP contribution in [0.25, 0.3) is 0 Å². The normalized spacial score (nSPS) is 10.5. The van der Waals surface area contributed by atoms with Gasteiger partial charge in [-0.15, -0.1) is 0 Å². The number of rotatable bonds is 2. The van der Waals surface area contributed by atoms with E-state index in [9.17, 15) is 9.90 Å². The first-order valence-electron chi connectivity index (χ1n) is 4.10. The first kappa shape index (κ1) is 10.2. The molecule has 2 rings (SSSR count). The van der Waals surface area contributed by atoms with Gasteiger partial charge >= 0.3 is 0 Å². The van der Waals surface area contributed by atoms with Gasteiger partial charge in [0.2, 0.25) is 5.88 Å². The van der Waals surface area contributed by atoms with Gasteiger partial charge in [0.25, 0.3) is 5.56 Å². The van der Waals surface area contributed by atoms with Crippen LogP contribution in [0.2, 0.25) is 5.02 Å². The largest absolute Gasteiger partial charge is 0.493 e. The summed E-state index contributed by atoms with van der Waals surface area (Å²) in [7, 11) is 0. The Kier molecular flexibility index (Phi) is 2.75. The summed E-state index contributed by atoms with van der Waals surface area (Å²) in [5, 5.41) is 14.5. The predicted molar refractivity (Wildman–Crippen MR) is 58.7 cm³/mol. The molecule has 0 aliphatic carbocycles. The number of aromatic amines is 2. The number of aromatic hydroxyl groups is 1. The Morgan fingerprint density at radius 3 is 2.60 bits per heavy atom. The molecule has 15 heavy (non-hydrogen) atoms. The molecular formula is C9H7ClN2O2S. The molecule has 0 spiro atoms. The van der Waals surface area contributed by atoms with Crippen molar-refractivity contribution in [1.29, 1.82) is 0 Å². The number of hydrogen-bond acceptors (Lipinski definition) is 3. The molecule has 0 amide bonds. The summed E-state index contributed by atoms with van der Waals surface area (Å²) in [6, 6.07) is 7.11. The van der Waals surface area contributed by atoms with E-state index in [0.717, 1.165) is 16.7 Å². The van der Waals surface area contributed by atoms with Crippen molar-refractivity contribution in [3.05, 3.63) is 39.6 Å². The van der Waals surface area contributed by atoms with Gasteiger partial charge in [-0.25, -0.2) is 0 Å². The average molecular weight is 243 g/mol. The maximum absolute atomic E-state index is 11.2. The zero-order valence-electron chi connectivity index (χ0n) is 7.45. The minimum Gasteiger partial charge on any atom is -0.493 e. The monoisotopic (exact) mass is 242 g/mol. The van der Waals surface area contributed by atoms with Crippen molar-refractivity contribution >= 4 is 23.4 Å². The lowest BCUT2D eigenvalue weighted by Gasteiger charge is -2.00. The lowest BCUT2D eigenvalue weighted by atomic mass is 10.4. The van der Waals surface area contributed by atoms with Gasteiger partial charge in [-0.3, -0.25) is 15.0 Å². The molecule has 0 saturated heterocycles. The summed E-state index contributed by atoms with van der Waals surface area (Å²) >= 11 is 7.04. The second-order valence-corrected chi connectivity index (χ2v) is 4.25. The SMILES string of the molecule is O=c1[nH][nH]c(O)c1Sc1ccccc1Cl. The third kappa shape index (κ3) is 2.03. The van der Waals surface area contributed by atoms with Crippen LogP contribution in [0.1, 0.15) is 0 Å². The highest BCUT2D eigenvalue weighted by atomic mass is 35.5. The fraction of sp³-hybridized carbons (Fsp3) is 0. The van der Waals surface area contributed by atoms with Gasteiger partial charge in [-0.05, 0) is 12.1 Å². The fourth-order valence-electron chi connectivity index (χ4n) is 1.07. The molecule has 1 heterocycles. The Morgan fingerprint density at radius 1 is 1.27 bits per heavy atom. The first-order chi connectivity index (χ1) is 7.18. The molecule has 4 nitrogen and oxygen atoms in total. The van der Waals surface area contributed by atoms with Gasteiger partial charge in [-0.2, -0.15) is 0 Å². The fourth-order valence-corrected chi connectivity index (χ4v) is 2.14. The van der Waals surface area contributed by atoms with Crippen LogP contribution >= 0.6 is 23.4 Å². The molecule has 1 aromatic heterocycles. The number of hydrogen-bond donors (Lipinski definition) is 3. The first-order valence-corrected chi connectivity index (χ1v) is 5.30. The van der Waals surface area contributed by atoms with Crippen LogP contribution < -0.4 is 5.56 Å². The van der Waals surface area contributed by atoms with Crippen LogP contribution in [0, 0.1) is 0 Å². The Hall–Kier alpha value is -1.33. The average Bonchev–Trinajstić information content (AvgIpc) is 2.53. The summed E-state index contributed by atoms with van der Waals surface area (Å²) < 4.78 is 0. The van der Waals surface area contributed by atoms with Crippen LogP contribution in [-0.4, -0.2) is 15.3 Å². The van der Waals surface area contributed by atoms with Crippen LogP contribution in [0.3, 0.4) is 0 Å². The van der Waals surface area contributed by atoms with Crippen LogP contribution in [0.15, 0.2) is 38.9 Å². The van der Waals surface area contributed by atoms with Crippen molar-refractivity contribution in [3.8, 4) is 5.88 Å². The zero-order chi connectivity index (χ0) is 10.8. The van der Waals surface area contributed by atoms with Crippen LogP contribution in [0.5, 0.6) is 5.88 Å². The number of nitrogens with one attached hydrogen (secondary N) is 2. The molecule has 0 aliphatic heterocycles. The minimum absolute atomic E-state index is 0.176. The number of halogens is 1. The topological polar surface area (TPSA) is 68.9 Å². The Bertz CT molecular complexity index is 535. The van der Waals surface area contributed by atoms with E-state index in [4.69, 9.17) is 11.6 Å². The smallest absolute Gasteiger partial charge is 0.281 e. The third-order valence-electron chi connectivity index (χ3n) is 1.76. The zero-order valence-corrected chi connectivity index (χ0v) is 9.02. The Morgan fingerprint density at radius 2 is 2.00 bits per heavy atom. The van der Waals surface area contributed by atoms with E-state index in [1.165, 1.54) is 0 Å². The van der Waals surface area contributed by atoms with E-state index < -0.39 is 0 Å². The van der Waals surface area contributed by atoms with E-state index >= 15 is 0 Å². The molecule has 0 atom stereocenters. The third-order valence-corrected chi connectivity index (χ3v) is 3.36. The van der Waals surface area contributed by atoms with Gasteiger partial charge < -0.3 is 5.11 Å².